The van der Waals surface area contributed by atoms with E-state index in [0.717, 1.165) is 31.4 Å². The maximum atomic E-state index is 5.65. The van der Waals surface area contributed by atoms with Crippen molar-refractivity contribution < 1.29 is 4.42 Å². The smallest absolute Gasteiger partial charge is 0.134 e. The van der Waals surface area contributed by atoms with Crippen LogP contribution in [0.25, 0.3) is 22.5 Å². The first kappa shape index (κ1) is 12.7. The Kier molecular flexibility index (Phi) is 3.58. The molecule has 0 aliphatic rings. The molecule has 0 amide bonds. The number of hydrogen-bond donors (Lipinski definition) is 0. The number of halogens is 2. The third-order valence-corrected chi connectivity index (χ3v) is 3.91. The molecule has 0 aliphatic heterocycles. The Hall–Kier alpha value is -1.32. The molecule has 0 fully saturated rings. The summed E-state index contributed by atoms with van der Waals surface area (Å²) in [6.07, 6.45) is 1.79. The lowest BCUT2D eigenvalue weighted by Crippen LogP contribution is -1.74. The largest absolute Gasteiger partial charge is 0.464 e. The Morgan fingerprint density at radius 1 is 0.684 bits per heavy atom. The van der Waals surface area contributed by atoms with Gasteiger partial charge >= 0.3 is 0 Å². The molecule has 94 valence electrons. The predicted molar refractivity (Wildman–Crippen MR) is 85.0 cm³/mol. The zero-order chi connectivity index (χ0) is 13.2. The molecule has 0 spiro atoms. The van der Waals surface area contributed by atoms with Crippen molar-refractivity contribution in [2.24, 2.45) is 0 Å². The fourth-order valence-corrected chi connectivity index (χ4v) is 2.58. The van der Waals surface area contributed by atoms with Crippen molar-refractivity contribution >= 4 is 31.9 Å². The highest BCUT2D eigenvalue weighted by Crippen LogP contribution is 2.30. The summed E-state index contributed by atoms with van der Waals surface area (Å²) < 4.78 is 7.79. The minimum atomic E-state index is 0.877. The van der Waals surface area contributed by atoms with Crippen LogP contribution >= 0.6 is 31.9 Å². The molecule has 0 saturated carbocycles. The maximum absolute atomic E-state index is 5.65. The van der Waals surface area contributed by atoms with Crippen LogP contribution in [0.5, 0.6) is 0 Å². The van der Waals surface area contributed by atoms with E-state index in [1.54, 1.807) is 6.26 Å². The Bertz CT molecular complexity index is 699. The van der Waals surface area contributed by atoms with Gasteiger partial charge in [0.05, 0.1) is 6.26 Å². The van der Waals surface area contributed by atoms with E-state index in [0.29, 0.717) is 0 Å². The Labute approximate surface area is 128 Å². The van der Waals surface area contributed by atoms with Crippen LogP contribution in [0.4, 0.5) is 0 Å². The lowest BCUT2D eigenvalue weighted by molar-refractivity contribution is 0.583. The van der Waals surface area contributed by atoms with Gasteiger partial charge in [-0.15, -0.1) is 0 Å². The van der Waals surface area contributed by atoms with Crippen molar-refractivity contribution in [3.05, 3.63) is 69.8 Å². The monoisotopic (exact) mass is 376 g/mol. The van der Waals surface area contributed by atoms with Gasteiger partial charge in [0, 0.05) is 20.1 Å². The highest BCUT2D eigenvalue weighted by molar-refractivity contribution is 9.10. The van der Waals surface area contributed by atoms with E-state index in [-0.39, 0.29) is 0 Å². The van der Waals surface area contributed by atoms with Gasteiger partial charge in [0.1, 0.15) is 5.76 Å². The summed E-state index contributed by atoms with van der Waals surface area (Å²) in [5.74, 6) is 0.877. The van der Waals surface area contributed by atoms with Gasteiger partial charge in [-0.05, 0) is 35.9 Å². The van der Waals surface area contributed by atoms with E-state index < -0.39 is 0 Å². The zero-order valence-corrected chi connectivity index (χ0v) is 13.1. The molecule has 3 rings (SSSR count). The van der Waals surface area contributed by atoms with Gasteiger partial charge in [0.25, 0.3) is 0 Å². The molecule has 0 saturated heterocycles. The lowest BCUT2D eigenvalue weighted by Gasteiger charge is -1.97. The first-order chi connectivity index (χ1) is 9.22. The highest BCUT2D eigenvalue weighted by atomic mass is 79.9. The van der Waals surface area contributed by atoms with Gasteiger partial charge in [-0.25, -0.2) is 0 Å². The van der Waals surface area contributed by atoms with Crippen LogP contribution in [0.2, 0.25) is 0 Å². The van der Waals surface area contributed by atoms with Crippen molar-refractivity contribution in [2.45, 2.75) is 0 Å². The molecule has 2 aromatic carbocycles. The fourth-order valence-electron chi connectivity index (χ4n) is 1.92. The molecule has 0 aliphatic carbocycles. The van der Waals surface area contributed by atoms with E-state index in [9.17, 15) is 0 Å². The first-order valence-electron chi connectivity index (χ1n) is 5.83. The predicted octanol–water partition coefficient (Wildman–Crippen LogP) is 6.14. The quantitative estimate of drug-likeness (QED) is 0.522. The molecule has 1 heterocycles. The molecular formula is C16H10Br2O. The third-order valence-electron chi connectivity index (χ3n) is 2.89. The molecule has 1 nitrogen and oxygen atoms in total. The van der Waals surface area contributed by atoms with E-state index in [1.165, 1.54) is 0 Å². The van der Waals surface area contributed by atoms with E-state index >= 15 is 0 Å². The van der Waals surface area contributed by atoms with Crippen LogP contribution in [-0.4, -0.2) is 0 Å². The second kappa shape index (κ2) is 5.35. The first-order valence-corrected chi connectivity index (χ1v) is 7.41. The highest BCUT2D eigenvalue weighted by Gasteiger charge is 2.06. The standard InChI is InChI=1S/C16H10Br2O/c17-14-6-4-11(5-7-14)16-9-13(10-19-16)12-2-1-3-15(18)8-12/h1-10H. The summed E-state index contributed by atoms with van der Waals surface area (Å²) in [6, 6.07) is 18.3. The zero-order valence-electron chi connectivity index (χ0n) is 9.94. The SMILES string of the molecule is Brc1ccc(-c2cc(-c3cccc(Br)c3)co2)cc1. The van der Waals surface area contributed by atoms with Crippen molar-refractivity contribution in [1.82, 2.24) is 0 Å². The van der Waals surface area contributed by atoms with E-state index in [2.05, 4.69) is 50.1 Å². The molecule has 3 heteroatoms. The average molecular weight is 378 g/mol. The van der Waals surface area contributed by atoms with Gasteiger partial charge in [0.2, 0.25) is 0 Å². The summed E-state index contributed by atoms with van der Waals surface area (Å²) in [6.45, 7) is 0. The van der Waals surface area contributed by atoms with Gasteiger partial charge in [-0.1, -0.05) is 56.1 Å². The fraction of sp³-hybridized carbons (Fsp3) is 0. The van der Waals surface area contributed by atoms with Gasteiger partial charge in [-0.3, -0.25) is 0 Å². The van der Waals surface area contributed by atoms with Crippen molar-refractivity contribution in [3.8, 4) is 22.5 Å². The van der Waals surface area contributed by atoms with E-state index in [4.69, 9.17) is 4.42 Å². The molecular weight excluding hydrogens is 368 g/mol. The summed E-state index contributed by atoms with van der Waals surface area (Å²) in [7, 11) is 0. The van der Waals surface area contributed by atoms with Crippen LogP contribution in [0.1, 0.15) is 0 Å². The molecule has 0 unspecified atom stereocenters. The Morgan fingerprint density at radius 2 is 1.47 bits per heavy atom. The molecule has 3 aromatic rings. The van der Waals surface area contributed by atoms with Gasteiger partial charge in [0.15, 0.2) is 0 Å². The van der Waals surface area contributed by atoms with Crippen LogP contribution in [0.3, 0.4) is 0 Å². The van der Waals surface area contributed by atoms with Crippen LogP contribution in [0.15, 0.2) is 74.2 Å². The number of furan rings is 1. The number of hydrogen-bond acceptors (Lipinski definition) is 1. The second-order valence-electron chi connectivity index (χ2n) is 4.22. The second-order valence-corrected chi connectivity index (χ2v) is 6.05. The lowest BCUT2D eigenvalue weighted by atomic mass is 10.1. The minimum Gasteiger partial charge on any atom is -0.464 e. The van der Waals surface area contributed by atoms with E-state index in [1.807, 2.05) is 36.4 Å². The Morgan fingerprint density at radius 3 is 2.21 bits per heavy atom. The van der Waals surface area contributed by atoms with Crippen LogP contribution in [0, 0.1) is 0 Å². The van der Waals surface area contributed by atoms with Crippen LogP contribution in [-0.2, 0) is 0 Å². The number of benzene rings is 2. The number of rotatable bonds is 2. The van der Waals surface area contributed by atoms with Gasteiger partial charge in [-0.2, -0.15) is 0 Å². The molecule has 0 bridgehead atoms. The molecule has 19 heavy (non-hydrogen) atoms. The maximum Gasteiger partial charge on any atom is 0.134 e. The molecule has 1 aromatic heterocycles. The van der Waals surface area contributed by atoms with Gasteiger partial charge < -0.3 is 4.42 Å². The summed E-state index contributed by atoms with van der Waals surface area (Å²) in [4.78, 5) is 0. The van der Waals surface area contributed by atoms with Crippen molar-refractivity contribution in [1.29, 1.82) is 0 Å². The Balaban J connectivity index is 1.97. The minimum absolute atomic E-state index is 0.877. The van der Waals surface area contributed by atoms with Crippen molar-refractivity contribution in [3.63, 3.8) is 0 Å². The molecule has 0 N–H and O–H groups in total. The molecule has 0 radical (unpaired) electrons. The van der Waals surface area contributed by atoms with Crippen LogP contribution < -0.4 is 0 Å². The summed E-state index contributed by atoms with van der Waals surface area (Å²) >= 11 is 6.92. The summed E-state index contributed by atoms with van der Waals surface area (Å²) in [5.41, 5.74) is 3.30. The third kappa shape index (κ3) is 2.82. The van der Waals surface area contributed by atoms with Crippen molar-refractivity contribution in [2.75, 3.05) is 0 Å². The topological polar surface area (TPSA) is 13.1 Å². The molecule has 0 atom stereocenters. The average Bonchev–Trinajstić information content (AvgIpc) is 2.89. The summed E-state index contributed by atoms with van der Waals surface area (Å²) in [5, 5.41) is 0. The normalized spacial score (nSPS) is 10.6.